The second-order valence-corrected chi connectivity index (χ2v) is 8.62. The van der Waals surface area contributed by atoms with Gasteiger partial charge in [0.2, 0.25) is 0 Å². The van der Waals surface area contributed by atoms with Gasteiger partial charge in [0, 0.05) is 12.1 Å². The van der Waals surface area contributed by atoms with Crippen molar-refractivity contribution in [3.63, 3.8) is 0 Å². The molecule has 0 atom stereocenters. The van der Waals surface area contributed by atoms with Gasteiger partial charge in [-0.3, -0.25) is 4.79 Å². The number of β-amino-alcohol motifs (C(OH)–C–C–N with tert-alkyl or cyclic N) is 1. The molecule has 1 aliphatic rings. The Labute approximate surface area is 171 Å². The van der Waals surface area contributed by atoms with Crippen molar-refractivity contribution >= 4 is 17.3 Å². The van der Waals surface area contributed by atoms with Crippen molar-refractivity contribution < 1.29 is 14.3 Å². The van der Waals surface area contributed by atoms with Gasteiger partial charge in [0.1, 0.15) is 5.82 Å². The van der Waals surface area contributed by atoms with E-state index in [1.165, 1.54) is 23.8 Å². The maximum atomic E-state index is 13.1. The van der Waals surface area contributed by atoms with Crippen LogP contribution in [0, 0.1) is 11.7 Å². The van der Waals surface area contributed by atoms with Crippen LogP contribution in [0.2, 0.25) is 0 Å². The Hall–Kier alpha value is -2.44. The number of aliphatic hydroxyl groups is 1. The molecule has 156 valence electrons. The Kier molecular flexibility index (Phi) is 6.55. The molecule has 1 aliphatic heterocycles. The van der Waals surface area contributed by atoms with Crippen molar-refractivity contribution in [1.82, 2.24) is 4.90 Å². The van der Waals surface area contributed by atoms with Gasteiger partial charge >= 0.3 is 0 Å². The number of nitrogen functional groups attached to an aromatic ring is 1. The van der Waals surface area contributed by atoms with Crippen LogP contribution >= 0.6 is 0 Å². The molecule has 1 amide bonds. The first-order chi connectivity index (χ1) is 13.7. The van der Waals surface area contributed by atoms with Crippen LogP contribution in [0.25, 0.3) is 0 Å². The molecule has 3 rings (SSSR count). The minimum Gasteiger partial charge on any atom is -0.397 e. The van der Waals surface area contributed by atoms with Crippen molar-refractivity contribution in [2.75, 3.05) is 30.7 Å². The van der Waals surface area contributed by atoms with Gasteiger partial charge in [-0.25, -0.2) is 4.39 Å². The lowest BCUT2D eigenvalue weighted by Crippen LogP contribution is -2.43. The van der Waals surface area contributed by atoms with E-state index in [4.69, 9.17) is 5.73 Å². The number of rotatable bonds is 6. The molecular weight excluding hydrogens is 369 g/mol. The van der Waals surface area contributed by atoms with Gasteiger partial charge in [-0.1, -0.05) is 12.1 Å². The molecule has 0 aliphatic carbocycles. The number of carbonyl (C=O) groups excluding carboxylic acids is 1. The highest BCUT2D eigenvalue weighted by Crippen LogP contribution is 2.24. The predicted octanol–water partition coefficient (Wildman–Crippen LogP) is 3.69. The molecule has 6 heteroatoms. The number of nitrogens with two attached hydrogens (primary N) is 1. The molecule has 29 heavy (non-hydrogen) atoms. The van der Waals surface area contributed by atoms with Gasteiger partial charge < -0.3 is 21.1 Å². The molecule has 1 heterocycles. The van der Waals surface area contributed by atoms with E-state index in [9.17, 15) is 14.3 Å². The summed E-state index contributed by atoms with van der Waals surface area (Å²) in [6.07, 6.45) is 3.22. The minimum absolute atomic E-state index is 0.200. The fraction of sp³-hybridized carbons (Fsp3) is 0.435. The number of carbonyl (C=O) groups is 1. The summed E-state index contributed by atoms with van der Waals surface area (Å²) in [5.74, 6) is -0.0858. The van der Waals surface area contributed by atoms with E-state index in [2.05, 4.69) is 10.2 Å². The quantitative estimate of drug-likeness (QED) is 0.648. The van der Waals surface area contributed by atoms with Crippen LogP contribution in [0.1, 0.15) is 42.6 Å². The van der Waals surface area contributed by atoms with E-state index in [1.807, 2.05) is 38.1 Å². The Morgan fingerprint density at radius 2 is 1.86 bits per heavy atom. The second kappa shape index (κ2) is 8.93. The summed E-state index contributed by atoms with van der Waals surface area (Å²) in [5, 5.41) is 12.7. The van der Waals surface area contributed by atoms with E-state index >= 15 is 0 Å². The third-order valence-electron chi connectivity index (χ3n) is 5.32. The molecule has 0 spiro atoms. The van der Waals surface area contributed by atoms with Gasteiger partial charge in [-0.05, 0) is 88.0 Å². The number of piperidine rings is 1. The summed E-state index contributed by atoms with van der Waals surface area (Å²) in [4.78, 5) is 14.7. The van der Waals surface area contributed by atoms with E-state index in [-0.39, 0.29) is 11.6 Å². The lowest BCUT2D eigenvalue weighted by Gasteiger charge is -2.35. The zero-order chi connectivity index (χ0) is 21.0. The number of hydrogen-bond acceptors (Lipinski definition) is 4. The first-order valence-corrected chi connectivity index (χ1v) is 10.1. The van der Waals surface area contributed by atoms with Gasteiger partial charge in [-0.15, -0.1) is 0 Å². The molecule has 2 aromatic rings. The number of benzene rings is 2. The smallest absolute Gasteiger partial charge is 0.255 e. The van der Waals surface area contributed by atoms with Crippen molar-refractivity contribution in [1.29, 1.82) is 0 Å². The predicted molar refractivity (Wildman–Crippen MR) is 114 cm³/mol. The lowest BCUT2D eigenvalue weighted by atomic mass is 9.89. The average molecular weight is 400 g/mol. The minimum atomic E-state index is -0.651. The van der Waals surface area contributed by atoms with E-state index in [0.717, 1.165) is 32.4 Å². The molecule has 0 bridgehead atoms. The molecule has 2 aromatic carbocycles. The SMILES string of the molecule is CC(C)(O)CN1CCC(Cc2ccc(C(=O)Nc3ccc(F)cc3N)cc2)CC1. The van der Waals surface area contributed by atoms with Gasteiger partial charge in [0.15, 0.2) is 0 Å². The van der Waals surface area contributed by atoms with Crippen LogP contribution in [0.4, 0.5) is 15.8 Å². The van der Waals surface area contributed by atoms with Gasteiger partial charge in [0.05, 0.1) is 17.0 Å². The van der Waals surface area contributed by atoms with E-state index < -0.39 is 11.4 Å². The fourth-order valence-corrected chi connectivity index (χ4v) is 3.86. The third kappa shape index (κ3) is 6.27. The summed E-state index contributed by atoms with van der Waals surface area (Å²) >= 11 is 0. The molecule has 0 radical (unpaired) electrons. The van der Waals surface area contributed by atoms with Crippen molar-refractivity contribution in [2.45, 2.75) is 38.7 Å². The Bertz CT molecular complexity index is 838. The Balaban J connectivity index is 1.52. The van der Waals surface area contributed by atoms with E-state index in [0.29, 0.717) is 23.7 Å². The van der Waals surface area contributed by atoms with Crippen LogP contribution in [0.5, 0.6) is 0 Å². The molecule has 0 aromatic heterocycles. The van der Waals surface area contributed by atoms with Crippen LogP contribution in [0.3, 0.4) is 0 Å². The standard InChI is InChI=1S/C23H30FN3O2/c1-23(2,29)15-27-11-9-17(10-12-27)13-16-3-5-18(6-4-16)22(28)26-21-8-7-19(24)14-20(21)25/h3-8,14,17,29H,9-13,15,25H2,1-2H3,(H,26,28). The van der Waals surface area contributed by atoms with E-state index in [1.54, 1.807) is 0 Å². The topological polar surface area (TPSA) is 78.6 Å². The third-order valence-corrected chi connectivity index (χ3v) is 5.32. The zero-order valence-corrected chi connectivity index (χ0v) is 17.1. The number of amides is 1. The molecule has 0 unspecified atom stereocenters. The molecule has 4 N–H and O–H groups in total. The van der Waals surface area contributed by atoms with Crippen LogP contribution < -0.4 is 11.1 Å². The summed E-state index contributed by atoms with van der Waals surface area (Å²) < 4.78 is 13.1. The van der Waals surface area contributed by atoms with Crippen LogP contribution in [-0.4, -0.2) is 41.1 Å². The Morgan fingerprint density at radius 3 is 2.45 bits per heavy atom. The number of nitrogens with one attached hydrogen (secondary N) is 1. The van der Waals surface area contributed by atoms with Crippen LogP contribution in [-0.2, 0) is 6.42 Å². The number of hydrogen-bond donors (Lipinski definition) is 3. The highest BCUT2D eigenvalue weighted by Gasteiger charge is 2.24. The summed E-state index contributed by atoms with van der Waals surface area (Å²) in [6.45, 7) is 6.42. The summed E-state index contributed by atoms with van der Waals surface area (Å²) in [7, 11) is 0. The van der Waals surface area contributed by atoms with Crippen molar-refractivity contribution in [2.24, 2.45) is 5.92 Å². The molecule has 0 saturated carbocycles. The highest BCUT2D eigenvalue weighted by molar-refractivity contribution is 6.05. The number of likely N-dealkylation sites (tertiary alicyclic amines) is 1. The van der Waals surface area contributed by atoms with Crippen molar-refractivity contribution in [3.8, 4) is 0 Å². The number of halogens is 1. The number of anilines is 2. The maximum Gasteiger partial charge on any atom is 0.255 e. The van der Waals surface area contributed by atoms with Crippen LogP contribution in [0.15, 0.2) is 42.5 Å². The van der Waals surface area contributed by atoms with Crippen molar-refractivity contribution in [3.05, 3.63) is 59.4 Å². The first-order valence-electron chi connectivity index (χ1n) is 10.1. The molecular formula is C23H30FN3O2. The largest absolute Gasteiger partial charge is 0.397 e. The normalized spacial score (nSPS) is 16.0. The monoisotopic (exact) mass is 399 g/mol. The Morgan fingerprint density at radius 1 is 1.21 bits per heavy atom. The zero-order valence-electron chi connectivity index (χ0n) is 17.1. The maximum absolute atomic E-state index is 13.1. The molecule has 1 saturated heterocycles. The molecule has 5 nitrogen and oxygen atoms in total. The van der Waals surface area contributed by atoms with Gasteiger partial charge in [-0.2, -0.15) is 0 Å². The van der Waals surface area contributed by atoms with Gasteiger partial charge in [0.25, 0.3) is 5.91 Å². The lowest BCUT2D eigenvalue weighted by molar-refractivity contribution is 0.0244. The highest BCUT2D eigenvalue weighted by atomic mass is 19.1. The second-order valence-electron chi connectivity index (χ2n) is 8.62. The average Bonchev–Trinajstić information content (AvgIpc) is 2.65. The fourth-order valence-electron chi connectivity index (χ4n) is 3.86. The number of nitrogens with zero attached hydrogens (tertiary/aromatic N) is 1. The first kappa shape index (κ1) is 21.3. The molecule has 1 fully saturated rings. The summed E-state index contributed by atoms with van der Waals surface area (Å²) in [5.41, 5.74) is 7.45. The summed E-state index contributed by atoms with van der Waals surface area (Å²) in [6, 6.07) is 11.5.